The lowest BCUT2D eigenvalue weighted by Crippen LogP contribution is -2.14. The van der Waals surface area contributed by atoms with Crippen LogP contribution in [0.3, 0.4) is 0 Å². The van der Waals surface area contributed by atoms with Gasteiger partial charge in [-0.25, -0.2) is 0 Å². The molecular formula is C15H17N3O. The van der Waals surface area contributed by atoms with Crippen molar-refractivity contribution in [1.82, 2.24) is 4.98 Å². The van der Waals surface area contributed by atoms with Crippen molar-refractivity contribution in [2.75, 3.05) is 11.9 Å². The molecule has 0 atom stereocenters. The van der Waals surface area contributed by atoms with Gasteiger partial charge in [-0.05, 0) is 49.7 Å². The molecule has 0 unspecified atom stereocenters. The number of nitrogens with two attached hydrogens (primary N) is 1. The highest BCUT2D eigenvalue weighted by Crippen LogP contribution is 2.12. The van der Waals surface area contributed by atoms with Crippen LogP contribution in [0, 0.1) is 6.92 Å². The number of rotatable bonds is 4. The molecule has 0 fully saturated rings. The van der Waals surface area contributed by atoms with Crippen LogP contribution in [-0.4, -0.2) is 17.4 Å². The Morgan fingerprint density at radius 3 is 2.63 bits per heavy atom. The summed E-state index contributed by atoms with van der Waals surface area (Å²) in [6.07, 6.45) is 2.52. The van der Waals surface area contributed by atoms with Crippen molar-refractivity contribution in [3.8, 4) is 0 Å². The lowest BCUT2D eigenvalue weighted by molar-refractivity contribution is 0.102. The number of benzene rings is 1. The second-order valence-corrected chi connectivity index (χ2v) is 4.33. The normalized spacial score (nSPS) is 10.2. The summed E-state index contributed by atoms with van der Waals surface area (Å²) in [4.78, 5) is 16.2. The third-order valence-electron chi connectivity index (χ3n) is 2.90. The van der Waals surface area contributed by atoms with Crippen LogP contribution in [0.4, 0.5) is 5.69 Å². The lowest BCUT2D eigenvalue weighted by atomic mass is 10.1. The highest BCUT2D eigenvalue weighted by atomic mass is 16.1. The van der Waals surface area contributed by atoms with Crippen molar-refractivity contribution in [3.05, 3.63) is 59.4 Å². The van der Waals surface area contributed by atoms with E-state index in [-0.39, 0.29) is 5.91 Å². The summed E-state index contributed by atoms with van der Waals surface area (Å²) in [5.41, 5.74) is 8.75. The van der Waals surface area contributed by atoms with Crippen LogP contribution >= 0.6 is 0 Å². The Balaban J connectivity index is 2.09. The number of hydrogen-bond donors (Lipinski definition) is 2. The Kier molecular flexibility index (Phi) is 4.26. The zero-order valence-electron chi connectivity index (χ0n) is 10.9. The van der Waals surface area contributed by atoms with Gasteiger partial charge in [-0.2, -0.15) is 0 Å². The average molecular weight is 255 g/mol. The largest absolute Gasteiger partial charge is 0.330 e. The van der Waals surface area contributed by atoms with Crippen LogP contribution in [0.2, 0.25) is 0 Å². The number of carbonyl (C=O) groups is 1. The third-order valence-corrected chi connectivity index (χ3v) is 2.90. The molecule has 1 heterocycles. The van der Waals surface area contributed by atoms with Crippen LogP contribution < -0.4 is 11.1 Å². The summed E-state index contributed by atoms with van der Waals surface area (Å²) in [6, 6.07) is 11.2. The van der Waals surface area contributed by atoms with E-state index in [4.69, 9.17) is 5.73 Å². The molecule has 0 saturated heterocycles. The molecule has 19 heavy (non-hydrogen) atoms. The number of aromatic nitrogens is 1. The molecule has 0 bridgehead atoms. The van der Waals surface area contributed by atoms with Crippen LogP contribution in [-0.2, 0) is 6.42 Å². The molecule has 2 aromatic rings. The van der Waals surface area contributed by atoms with E-state index in [2.05, 4.69) is 10.3 Å². The quantitative estimate of drug-likeness (QED) is 0.879. The molecule has 1 aromatic carbocycles. The molecule has 0 aliphatic carbocycles. The number of pyridine rings is 1. The minimum atomic E-state index is -0.142. The Bertz CT molecular complexity index is 564. The number of carbonyl (C=O) groups excluding carboxylic acids is 1. The van der Waals surface area contributed by atoms with Gasteiger partial charge in [0.15, 0.2) is 0 Å². The van der Waals surface area contributed by atoms with E-state index in [1.54, 1.807) is 18.3 Å². The first-order valence-corrected chi connectivity index (χ1v) is 6.22. The van der Waals surface area contributed by atoms with Gasteiger partial charge in [0.2, 0.25) is 0 Å². The van der Waals surface area contributed by atoms with Gasteiger partial charge in [-0.1, -0.05) is 12.1 Å². The van der Waals surface area contributed by atoms with Gasteiger partial charge >= 0.3 is 0 Å². The van der Waals surface area contributed by atoms with Crippen molar-refractivity contribution in [2.45, 2.75) is 13.3 Å². The molecule has 98 valence electrons. The van der Waals surface area contributed by atoms with E-state index in [9.17, 15) is 4.79 Å². The van der Waals surface area contributed by atoms with E-state index in [1.165, 1.54) is 0 Å². The fourth-order valence-electron chi connectivity index (χ4n) is 1.84. The van der Waals surface area contributed by atoms with Crippen molar-refractivity contribution in [1.29, 1.82) is 0 Å². The highest BCUT2D eigenvalue weighted by Gasteiger charge is 2.09. The van der Waals surface area contributed by atoms with Crippen LogP contribution in [0.15, 0.2) is 42.6 Å². The SMILES string of the molecule is Cc1ncccc1C(=O)Nc1ccc(CCN)cc1. The summed E-state index contributed by atoms with van der Waals surface area (Å²) in [6.45, 7) is 2.44. The Labute approximate surface area is 112 Å². The van der Waals surface area contributed by atoms with Gasteiger partial charge in [0.05, 0.1) is 5.56 Å². The number of anilines is 1. The smallest absolute Gasteiger partial charge is 0.257 e. The second kappa shape index (κ2) is 6.11. The summed E-state index contributed by atoms with van der Waals surface area (Å²) < 4.78 is 0. The number of amides is 1. The molecule has 0 saturated carbocycles. The molecule has 0 radical (unpaired) electrons. The summed E-state index contributed by atoms with van der Waals surface area (Å²) in [5, 5.41) is 2.86. The van der Waals surface area contributed by atoms with Crippen molar-refractivity contribution < 1.29 is 4.79 Å². The number of aryl methyl sites for hydroxylation is 1. The van der Waals surface area contributed by atoms with Crippen molar-refractivity contribution in [3.63, 3.8) is 0 Å². The van der Waals surface area contributed by atoms with E-state index < -0.39 is 0 Å². The van der Waals surface area contributed by atoms with Gasteiger partial charge in [0, 0.05) is 17.6 Å². The summed E-state index contributed by atoms with van der Waals surface area (Å²) in [7, 11) is 0. The van der Waals surface area contributed by atoms with E-state index >= 15 is 0 Å². The minimum absolute atomic E-state index is 0.142. The molecule has 0 aliphatic heterocycles. The molecular weight excluding hydrogens is 238 g/mol. The van der Waals surface area contributed by atoms with E-state index in [1.807, 2.05) is 31.2 Å². The predicted molar refractivity (Wildman–Crippen MR) is 76.1 cm³/mol. The molecule has 1 amide bonds. The fraction of sp³-hybridized carbons (Fsp3) is 0.200. The first kappa shape index (κ1) is 13.2. The second-order valence-electron chi connectivity index (χ2n) is 4.33. The van der Waals surface area contributed by atoms with Crippen LogP contribution in [0.25, 0.3) is 0 Å². The molecule has 2 rings (SSSR count). The van der Waals surface area contributed by atoms with Crippen LogP contribution in [0.1, 0.15) is 21.6 Å². The Morgan fingerprint density at radius 1 is 1.26 bits per heavy atom. The van der Waals surface area contributed by atoms with Crippen molar-refractivity contribution in [2.24, 2.45) is 5.73 Å². The number of hydrogen-bond acceptors (Lipinski definition) is 3. The number of nitrogens with zero attached hydrogens (tertiary/aromatic N) is 1. The first-order chi connectivity index (χ1) is 9.20. The molecule has 4 nitrogen and oxygen atoms in total. The highest BCUT2D eigenvalue weighted by molar-refractivity contribution is 6.04. The maximum atomic E-state index is 12.1. The number of nitrogens with one attached hydrogen (secondary N) is 1. The molecule has 1 aromatic heterocycles. The third kappa shape index (κ3) is 3.39. The van der Waals surface area contributed by atoms with Crippen LogP contribution in [0.5, 0.6) is 0 Å². The standard InChI is InChI=1S/C15H17N3O/c1-11-14(3-2-10-17-11)15(19)18-13-6-4-12(5-7-13)8-9-16/h2-7,10H,8-9,16H2,1H3,(H,18,19). The molecule has 4 heteroatoms. The topological polar surface area (TPSA) is 68.0 Å². The molecule has 0 aliphatic rings. The minimum Gasteiger partial charge on any atom is -0.330 e. The molecule has 0 spiro atoms. The monoisotopic (exact) mass is 255 g/mol. The van der Waals surface area contributed by atoms with Gasteiger partial charge < -0.3 is 11.1 Å². The lowest BCUT2D eigenvalue weighted by Gasteiger charge is -2.07. The van der Waals surface area contributed by atoms with Gasteiger partial charge in [-0.15, -0.1) is 0 Å². The summed E-state index contributed by atoms with van der Waals surface area (Å²) >= 11 is 0. The van der Waals surface area contributed by atoms with Gasteiger partial charge in [-0.3, -0.25) is 9.78 Å². The van der Waals surface area contributed by atoms with Gasteiger partial charge in [0.1, 0.15) is 0 Å². The van der Waals surface area contributed by atoms with Gasteiger partial charge in [0.25, 0.3) is 5.91 Å². The van der Waals surface area contributed by atoms with Crippen molar-refractivity contribution >= 4 is 11.6 Å². The Morgan fingerprint density at radius 2 is 2.00 bits per heavy atom. The predicted octanol–water partition coefficient (Wildman–Crippen LogP) is 2.14. The zero-order chi connectivity index (χ0) is 13.7. The van der Waals surface area contributed by atoms with E-state index in [0.29, 0.717) is 12.1 Å². The summed E-state index contributed by atoms with van der Waals surface area (Å²) in [5.74, 6) is -0.142. The maximum absolute atomic E-state index is 12.1. The zero-order valence-corrected chi connectivity index (χ0v) is 10.9. The Hall–Kier alpha value is -2.20. The average Bonchev–Trinajstić information content (AvgIpc) is 2.42. The van der Waals surface area contributed by atoms with E-state index in [0.717, 1.165) is 23.4 Å². The molecule has 3 N–H and O–H groups in total. The maximum Gasteiger partial charge on any atom is 0.257 e. The fourth-order valence-corrected chi connectivity index (χ4v) is 1.84. The first-order valence-electron chi connectivity index (χ1n) is 6.22.